The molecule has 1 saturated heterocycles. The Bertz CT molecular complexity index is 629. The van der Waals surface area contributed by atoms with E-state index in [9.17, 15) is 0 Å². The molecule has 3 rings (SSSR count). The number of rotatable bonds is 2. The summed E-state index contributed by atoms with van der Waals surface area (Å²) >= 11 is 3.51. The molecule has 0 unspecified atom stereocenters. The van der Waals surface area contributed by atoms with Crippen LogP contribution in [0.15, 0.2) is 22.7 Å². The number of benzene rings is 1. The van der Waals surface area contributed by atoms with Crippen LogP contribution in [0.25, 0.3) is 11.0 Å². The Morgan fingerprint density at radius 3 is 2.70 bits per heavy atom. The van der Waals surface area contributed by atoms with Crippen molar-refractivity contribution in [3.8, 4) is 0 Å². The summed E-state index contributed by atoms with van der Waals surface area (Å²) in [6.45, 7) is 5.77. The fourth-order valence-corrected chi connectivity index (χ4v) is 3.25. The van der Waals surface area contributed by atoms with E-state index < -0.39 is 0 Å². The van der Waals surface area contributed by atoms with Crippen molar-refractivity contribution in [3.05, 3.63) is 28.5 Å². The molecule has 2 N–H and O–H groups in total. The fourth-order valence-electron chi connectivity index (χ4n) is 2.91. The lowest BCUT2D eigenvalue weighted by atomic mass is 9.90. The monoisotopic (exact) mass is 337 g/mol. The first-order chi connectivity index (χ1) is 9.51. The van der Waals surface area contributed by atoms with Crippen LogP contribution in [0.1, 0.15) is 38.6 Å². The summed E-state index contributed by atoms with van der Waals surface area (Å²) < 4.78 is 8.77. The summed E-state index contributed by atoms with van der Waals surface area (Å²) in [5, 5.41) is 0. The van der Waals surface area contributed by atoms with Crippen LogP contribution in [0.4, 0.5) is 0 Å². The third-order valence-electron chi connectivity index (χ3n) is 4.00. The van der Waals surface area contributed by atoms with Crippen LogP contribution >= 0.6 is 15.9 Å². The zero-order valence-corrected chi connectivity index (χ0v) is 13.5. The third kappa shape index (κ3) is 2.28. The molecule has 1 aliphatic heterocycles. The first-order valence-electron chi connectivity index (χ1n) is 7.06. The lowest BCUT2D eigenvalue weighted by Gasteiger charge is -2.34. The van der Waals surface area contributed by atoms with E-state index in [1.165, 1.54) is 0 Å². The number of nitrogens with zero attached hydrogens (tertiary/aromatic N) is 2. The number of fused-ring (bicyclic) bond motifs is 1. The maximum absolute atomic E-state index is 6.65. The number of aromatic nitrogens is 2. The highest BCUT2D eigenvalue weighted by molar-refractivity contribution is 9.10. The molecule has 1 aromatic carbocycles. The highest BCUT2D eigenvalue weighted by Gasteiger charge is 2.35. The first-order valence-corrected chi connectivity index (χ1v) is 7.85. The molecule has 4 nitrogen and oxygen atoms in total. The molecule has 0 bridgehead atoms. The molecule has 0 atom stereocenters. The molecule has 1 aliphatic rings. The van der Waals surface area contributed by atoms with Gasteiger partial charge >= 0.3 is 0 Å². The molecule has 0 aliphatic carbocycles. The van der Waals surface area contributed by atoms with Crippen LogP contribution in [0.2, 0.25) is 0 Å². The van der Waals surface area contributed by atoms with Gasteiger partial charge < -0.3 is 15.0 Å². The molecular formula is C15H20BrN3O. The number of hydrogen-bond donors (Lipinski definition) is 1. The van der Waals surface area contributed by atoms with Crippen molar-refractivity contribution < 1.29 is 4.74 Å². The van der Waals surface area contributed by atoms with Gasteiger partial charge in [-0.15, -0.1) is 0 Å². The van der Waals surface area contributed by atoms with Gasteiger partial charge in [-0.2, -0.15) is 0 Å². The normalized spacial score (nSPS) is 18.9. The minimum atomic E-state index is -0.381. The van der Waals surface area contributed by atoms with E-state index in [0.717, 1.165) is 34.2 Å². The number of ether oxygens (including phenoxy) is 1. The van der Waals surface area contributed by atoms with Crippen LogP contribution in [0.3, 0.4) is 0 Å². The van der Waals surface area contributed by atoms with Crippen LogP contribution in [0, 0.1) is 0 Å². The molecule has 5 heteroatoms. The average Bonchev–Trinajstić information content (AvgIpc) is 2.78. The molecule has 1 aromatic heterocycles. The molecule has 0 spiro atoms. The molecule has 108 valence electrons. The SMILES string of the molecule is CC(C)n1c(C2(N)CCOCC2)nc2cc(Br)ccc21. The van der Waals surface area contributed by atoms with Gasteiger partial charge in [0.05, 0.1) is 16.6 Å². The predicted molar refractivity (Wildman–Crippen MR) is 83.7 cm³/mol. The summed E-state index contributed by atoms with van der Waals surface area (Å²) in [5.74, 6) is 0.990. The Kier molecular flexibility index (Phi) is 3.60. The summed E-state index contributed by atoms with van der Waals surface area (Å²) in [5.41, 5.74) is 8.41. The maximum atomic E-state index is 6.65. The molecular weight excluding hydrogens is 318 g/mol. The molecule has 0 radical (unpaired) electrons. The van der Waals surface area contributed by atoms with Crippen LogP contribution in [-0.2, 0) is 10.3 Å². The van der Waals surface area contributed by atoms with Crippen molar-refractivity contribution >= 4 is 27.0 Å². The van der Waals surface area contributed by atoms with E-state index in [-0.39, 0.29) is 5.54 Å². The zero-order chi connectivity index (χ0) is 14.3. The van der Waals surface area contributed by atoms with E-state index in [1.54, 1.807) is 0 Å². The Labute approximate surface area is 127 Å². The summed E-state index contributed by atoms with van der Waals surface area (Å²) in [4.78, 5) is 4.84. The summed E-state index contributed by atoms with van der Waals surface area (Å²) in [7, 11) is 0. The van der Waals surface area contributed by atoms with Gasteiger partial charge in [0, 0.05) is 23.7 Å². The minimum Gasteiger partial charge on any atom is -0.381 e. The van der Waals surface area contributed by atoms with Crippen molar-refractivity contribution in [2.24, 2.45) is 5.73 Å². The Hall–Kier alpha value is -0.910. The lowest BCUT2D eigenvalue weighted by Crippen LogP contribution is -2.44. The van der Waals surface area contributed by atoms with Gasteiger partial charge in [0.2, 0.25) is 0 Å². The largest absolute Gasteiger partial charge is 0.381 e. The molecule has 0 amide bonds. The second-order valence-electron chi connectivity index (χ2n) is 5.80. The number of nitrogens with two attached hydrogens (primary N) is 1. The van der Waals surface area contributed by atoms with Gasteiger partial charge in [-0.3, -0.25) is 0 Å². The van der Waals surface area contributed by atoms with Gasteiger partial charge in [0.25, 0.3) is 0 Å². The average molecular weight is 338 g/mol. The van der Waals surface area contributed by atoms with Crippen molar-refractivity contribution in [1.82, 2.24) is 9.55 Å². The molecule has 0 saturated carbocycles. The zero-order valence-electron chi connectivity index (χ0n) is 11.9. The van der Waals surface area contributed by atoms with Crippen molar-refractivity contribution in [1.29, 1.82) is 0 Å². The van der Waals surface area contributed by atoms with E-state index >= 15 is 0 Å². The van der Waals surface area contributed by atoms with Gasteiger partial charge in [-0.25, -0.2) is 4.98 Å². The van der Waals surface area contributed by atoms with Crippen molar-refractivity contribution in [2.75, 3.05) is 13.2 Å². The number of halogens is 1. The van der Waals surface area contributed by atoms with E-state index in [2.05, 4.69) is 52.5 Å². The van der Waals surface area contributed by atoms with E-state index in [4.69, 9.17) is 15.5 Å². The van der Waals surface area contributed by atoms with E-state index in [1.807, 2.05) is 0 Å². The summed E-state index contributed by atoms with van der Waals surface area (Å²) in [6, 6.07) is 6.55. The second-order valence-corrected chi connectivity index (χ2v) is 6.72. The maximum Gasteiger partial charge on any atom is 0.130 e. The second kappa shape index (κ2) is 5.13. The quantitative estimate of drug-likeness (QED) is 0.914. The Balaban J connectivity index is 2.21. The molecule has 2 heterocycles. The van der Waals surface area contributed by atoms with Crippen LogP contribution in [0.5, 0.6) is 0 Å². The molecule has 20 heavy (non-hydrogen) atoms. The molecule has 1 fully saturated rings. The Morgan fingerprint density at radius 2 is 2.05 bits per heavy atom. The third-order valence-corrected chi connectivity index (χ3v) is 4.49. The highest BCUT2D eigenvalue weighted by Crippen LogP contribution is 2.34. The minimum absolute atomic E-state index is 0.333. The van der Waals surface area contributed by atoms with Gasteiger partial charge in [-0.1, -0.05) is 15.9 Å². The van der Waals surface area contributed by atoms with Crippen molar-refractivity contribution in [3.63, 3.8) is 0 Å². The lowest BCUT2D eigenvalue weighted by molar-refractivity contribution is 0.0477. The van der Waals surface area contributed by atoms with Crippen LogP contribution in [-0.4, -0.2) is 22.8 Å². The highest BCUT2D eigenvalue weighted by atomic mass is 79.9. The van der Waals surface area contributed by atoms with Crippen LogP contribution < -0.4 is 5.73 Å². The fraction of sp³-hybridized carbons (Fsp3) is 0.533. The van der Waals surface area contributed by atoms with Crippen molar-refractivity contribution in [2.45, 2.75) is 38.3 Å². The smallest absolute Gasteiger partial charge is 0.130 e. The number of imidazole rings is 1. The Morgan fingerprint density at radius 1 is 1.35 bits per heavy atom. The molecule has 2 aromatic rings. The summed E-state index contributed by atoms with van der Waals surface area (Å²) in [6.07, 6.45) is 1.65. The number of hydrogen-bond acceptors (Lipinski definition) is 3. The van der Waals surface area contributed by atoms with Gasteiger partial charge in [0.15, 0.2) is 0 Å². The standard InChI is InChI=1S/C15H20BrN3O/c1-10(2)19-13-4-3-11(16)9-12(13)18-14(19)15(17)5-7-20-8-6-15/h3-4,9-10H,5-8,17H2,1-2H3. The van der Waals surface area contributed by atoms with Gasteiger partial charge in [0.1, 0.15) is 5.82 Å². The van der Waals surface area contributed by atoms with Gasteiger partial charge in [-0.05, 0) is 44.9 Å². The van der Waals surface area contributed by atoms with E-state index in [0.29, 0.717) is 19.3 Å². The first kappa shape index (κ1) is 14.0. The topological polar surface area (TPSA) is 53.1 Å². The predicted octanol–water partition coefficient (Wildman–Crippen LogP) is 3.34.